The SMILES string of the molecule is C=Cc1ccc2c(c1)c1cc(C=C)ccc1n2CCCCCCCC.CCCCCCCCOC1(OCCCCCCCC)C=CC=C2C(=O)c3ccccc3C(=O)C21. The second-order valence-electron chi connectivity index (χ2n) is 16.5. The van der Waals surface area contributed by atoms with Gasteiger partial charge in [-0.3, -0.25) is 9.59 Å². The van der Waals surface area contributed by atoms with Gasteiger partial charge in [-0.05, 0) is 60.7 Å². The van der Waals surface area contributed by atoms with E-state index in [9.17, 15) is 9.59 Å². The van der Waals surface area contributed by atoms with Gasteiger partial charge in [-0.15, -0.1) is 0 Å². The Labute approximate surface area is 355 Å². The Balaban J connectivity index is 0.000000235. The van der Waals surface area contributed by atoms with Crippen LogP contribution in [0.25, 0.3) is 34.0 Å². The highest BCUT2D eigenvalue weighted by atomic mass is 16.7. The summed E-state index contributed by atoms with van der Waals surface area (Å²) < 4.78 is 15.3. The van der Waals surface area contributed by atoms with Gasteiger partial charge in [-0.1, -0.05) is 191 Å². The second kappa shape index (κ2) is 24.1. The Bertz CT molecular complexity index is 1960. The number of allylic oxidation sites excluding steroid dienone is 2. The summed E-state index contributed by atoms with van der Waals surface area (Å²) in [7, 11) is 0. The molecule has 59 heavy (non-hydrogen) atoms. The normalized spacial score (nSPS) is 15.4. The fourth-order valence-corrected chi connectivity index (χ4v) is 8.65. The van der Waals surface area contributed by atoms with Crippen molar-refractivity contribution in [2.24, 2.45) is 5.92 Å². The Hall–Kier alpha value is -4.32. The minimum absolute atomic E-state index is 0.0864. The molecule has 0 aliphatic heterocycles. The highest BCUT2D eigenvalue weighted by Gasteiger charge is 2.52. The van der Waals surface area contributed by atoms with Crippen LogP contribution in [-0.4, -0.2) is 35.1 Å². The lowest BCUT2D eigenvalue weighted by Crippen LogP contribution is -2.51. The van der Waals surface area contributed by atoms with E-state index in [1.807, 2.05) is 30.4 Å². The first-order chi connectivity index (χ1) is 28.9. The van der Waals surface area contributed by atoms with Crippen LogP contribution in [0, 0.1) is 5.92 Å². The summed E-state index contributed by atoms with van der Waals surface area (Å²) in [6, 6.07) is 20.4. The maximum atomic E-state index is 13.6. The zero-order valence-electron chi connectivity index (χ0n) is 36.6. The number of ketones is 2. The summed E-state index contributed by atoms with van der Waals surface area (Å²) in [4.78, 5) is 26.9. The number of aromatic nitrogens is 1. The van der Waals surface area contributed by atoms with E-state index in [2.05, 4.69) is 74.9 Å². The lowest BCUT2D eigenvalue weighted by Gasteiger charge is -2.41. The van der Waals surface area contributed by atoms with Gasteiger partial charge >= 0.3 is 0 Å². The number of aryl methyl sites for hydroxylation is 1. The molecule has 1 aromatic heterocycles. The van der Waals surface area contributed by atoms with Crippen LogP contribution < -0.4 is 0 Å². The van der Waals surface area contributed by atoms with E-state index >= 15 is 0 Å². The number of ether oxygens (including phenoxy) is 2. The molecule has 5 heteroatoms. The first kappa shape index (κ1) is 45.8. The molecule has 4 aromatic rings. The van der Waals surface area contributed by atoms with Crippen LogP contribution in [0.1, 0.15) is 168 Å². The molecular weight excluding hydrogens is 727 g/mol. The van der Waals surface area contributed by atoms with Gasteiger partial charge in [0, 0.05) is 45.1 Å². The molecule has 2 aliphatic carbocycles. The van der Waals surface area contributed by atoms with Gasteiger partial charge in [0.1, 0.15) is 5.92 Å². The van der Waals surface area contributed by atoms with Gasteiger partial charge in [-0.25, -0.2) is 0 Å². The molecule has 0 radical (unpaired) electrons. The molecule has 2 aliphatic rings. The number of unbranched alkanes of at least 4 members (excludes halogenated alkanes) is 15. The van der Waals surface area contributed by atoms with Gasteiger partial charge < -0.3 is 14.0 Å². The third kappa shape index (κ3) is 11.9. The number of fused-ring (bicyclic) bond motifs is 5. The Kier molecular flexibility index (Phi) is 18.7. The van der Waals surface area contributed by atoms with Crippen molar-refractivity contribution < 1.29 is 19.1 Å². The first-order valence-electron chi connectivity index (χ1n) is 23.1. The molecule has 316 valence electrons. The predicted octanol–water partition coefficient (Wildman–Crippen LogP) is 15.1. The smallest absolute Gasteiger partial charge is 0.202 e. The fourth-order valence-electron chi connectivity index (χ4n) is 8.65. The van der Waals surface area contributed by atoms with E-state index in [1.165, 1.54) is 123 Å². The van der Waals surface area contributed by atoms with Crippen molar-refractivity contribution in [3.63, 3.8) is 0 Å². The molecule has 0 saturated carbocycles. The summed E-state index contributed by atoms with van der Waals surface area (Å²) in [5.74, 6) is -2.14. The number of hydrogen-bond donors (Lipinski definition) is 0. The summed E-state index contributed by atoms with van der Waals surface area (Å²) in [5.41, 5.74) is 6.44. The standard InChI is InChI=1S/C30H42O4.C24H29N/c1-3-5-7-9-11-15-22-33-30(34-23-16-12-10-8-6-4-2)21-17-20-26-27(30)29(32)25-19-14-13-18-24(25)28(26)31;1-4-7-8-9-10-11-16-25-23-14-12-19(5-2)17-21(23)22-18-20(6-3)13-15-24(22)25/h13-14,17-21,27H,3-12,15-16,22-23H2,1-2H3;5-6,12-15,17-18H,2-4,7-11,16H2,1H3. The lowest BCUT2D eigenvalue weighted by molar-refractivity contribution is -0.220. The number of Topliss-reactive ketones (excluding diaryl/α,β-unsaturated/α-hetero) is 2. The van der Waals surface area contributed by atoms with E-state index in [4.69, 9.17) is 9.47 Å². The minimum Gasteiger partial charge on any atom is -0.345 e. The topological polar surface area (TPSA) is 57.5 Å². The maximum absolute atomic E-state index is 13.6. The van der Waals surface area contributed by atoms with Crippen LogP contribution in [0.2, 0.25) is 0 Å². The Morgan fingerprint density at radius 3 is 1.59 bits per heavy atom. The van der Waals surface area contributed by atoms with Crippen molar-refractivity contribution in [2.45, 2.75) is 149 Å². The minimum atomic E-state index is -1.21. The molecule has 1 atom stereocenters. The number of hydrogen-bond acceptors (Lipinski definition) is 4. The van der Waals surface area contributed by atoms with E-state index in [0.29, 0.717) is 29.9 Å². The van der Waals surface area contributed by atoms with Crippen molar-refractivity contribution in [1.29, 1.82) is 0 Å². The predicted molar refractivity (Wildman–Crippen MR) is 250 cm³/mol. The second-order valence-corrected chi connectivity index (χ2v) is 16.5. The van der Waals surface area contributed by atoms with Gasteiger partial charge in [0.05, 0.1) is 13.2 Å². The zero-order valence-corrected chi connectivity index (χ0v) is 36.6. The highest BCUT2D eigenvalue weighted by molar-refractivity contribution is 6.24. The number of nitrogens with zero attached hydrogens (tertiary/aromatic N) is 1. The largest absolute Gasteiger partial charge is 0.345 e. The highest BCUT2D eigenvalue weighted by Crippen LogP contribution is 2.42. The third-order valence-electron chi connectivity index (χ3n) is 12.0. The van der Waals surface area contributed by atoms with Crippen molar-refractivity contribution >= 4 is 45.5 Å². The van der Waals surface area contributed by atoms with Crippen molar-refractivity contribution in [3.05, 3.63) is 120 Å². The zero-order chi connectivity index (χ0) is 41.9. The first-order valence-corrected chi connectivity index (χ1v) is 23.1. The van der Waals surface area contributed by atoms with Crippen LogP contribution in [0.4, 0.5) is 0 Å². The van der Waals surface area contributed by atoms with E-state index in [-0.39, 0.29) is 11.6 Å². The molecule has 0 amide bonds. The monoisotopic (exact) mass is 798 g/mol. The number of rotatable bonds is 25. The third-order valence-corrected chi connectivity index (χ3v) is 12.0. The van der Waals surface area contributed by atoms with Crippen LogP contribution in [0.3, 0.4) is 0 Å². The molecule has 5 nitrogen and oxygen atoms in total. The molecule has 1 unspecified atom stereocenters. The van der Waals surface area contributed by atoms with Crippen LogP contribution in [0.5, 0.6) is 0 Å². The van der Waals surface area contributed by atoms with Crippen molar-refractivity contribution in [2.75, 3.05) is 13.2 Å². The fraction of sp³-hybridized carbons (Fsp3) is 0.481. The number of carbonyl (C=O) groups excluding carboxylic acids is 2. The van der Waals surface area contributed by atoms with Gasteiger partial charge in [-0.2, -0.15) is 0 Å². The van der Waals surface area contributed by atoms with E-state index in [1.54, 1.807) is 24.3 Å². The van der Waals surface area contributed by atoms with E-state index < -0.39 is 11.7 Å². The molecule has 3 aromatic carbocycles. The summed E-state index contributed by atoms with van der Waals surface area (Å²) in [6.07, 6.45) is 31.2. The summed E-state index contributed by atoms with van der Waals surface area (Å²) >= 11 is 0. The van der Waals surface area contributed by atoms with Crippen molar-refractivity contribution in [3.8, 4) is 0 Å². The average Bonchev–Trinajstić information content (AvgIpc) is 3.57. The van der Waals surface area contributed by atoms with Gasteiger partial charge in [0.25, 0.3) is 0 Å². The van der Waals surface area contributed by atoms with Crippen LogP contribution in [0.15, 0.2) is 97.6 Å². The molecule has 0 bridgehead atoms. The van der Waals surface area contributed by atoms with Crippen LogP contribution in [-0.2, 0) is 16.0 Å². The molecule has 0 spiro atoms. The summed E-state index contributed by atoms with van der Waals surface area (Å²) in [5, 5.41) is 2.64. The van der Waals surface area contributed by atoms with Gasteiger partial charge in [0.15, 0.2) is 11.6 Å². The van der Waals surface area contributed by atoms with Gasteiger partial charge in [0.2, 0.25) is 5.79 Å². The lowest BCUT2D eigenvalue weighted by atomic mass is 9.72. The van der Waals surface area contributed by atoms with E-state index in [0.717, 1.165) is 32.2 Å². The summed E-state index contributed by atoms with van der Waals surface area (Å²) in [6.45, 7) is 16.7. The average molecular weight is 798 g/mol. The van der Waals surface area contributed by atoms with Crippen LogP contribution >= 0.6 is 0 Å². The molecule has 1 heterocycles. The maximum Gasteiger partial charge on any atom is 0.202 e. The Morgan fingerprint density at radius 2 is 1.08 bits per heavy atom. The van der Waals surface area contributed by atoms with Crippen molar-refractivity contribution in [1.82, 2.24) is 4.57 Å². The Morgan fingerprint density at radius 1 is 0.610 bits per heavy atom. The molecule has 0 saturated heterocycles. The number of carbonyl (C=O) groups is 2. The molecule has 0 fully saturated rings. The quantitative estimate of drug-likeness (QED) is 0.0495. The number of benzene rings is 3. The molecular formula is C54H71NO4. The molecule has 0 N–H and O–H groups in total. The molecule has 6 rings (SSSR count).